The van der Waals surface area contributed by atoms with E-state index >= 15 is 0 Å². The summed E-state index contributed by atoms with van der Waals surface area (Å²) >= 11 is 0. The van der Waals surface area contributed by atoms with E-state index < -0.39 is 0 Å². The summed E-state index contributed by atoms with van der Waals surface area (Å²) in [5.74, 6) is 1.59. The van der Waals surface area contributed by atoms with Crippen molar-refractivity contribution in [3.63, 3.8) is 0 Å². The molecule has 2 aliphatic carbocycles. The second-order valence-electron chi connectivity index (χ2n) is 5.35. The molecule has 2 rings (SSSR count). The van der Waals surface area contributed by atoms with Gasteiger partial charge in [0.05, 0.1) is 6.10 Å². The molecule has 1 N–H and O–H groups in total. The first-order valence-electron chi connectivity index (χ1n) is 6.54. The van der Waals surface area contributed by atoms with E-state index in [4.69, 9.17) is 0 Å². The monoisotopic (exact) mass is 196 g/mol. The van der Waals surface area contributed by atoms with Crippen LogP contribution in [0.3, 0.4) is 0 Å². The number of hydrogen-bond acceptors (Lipinski definition) is 1. The van der Waals surface area contributed by atoms with E-state index in [2.05, 4.69) is 0 Å². The second kappa shape index (κ2) is 5.16. The Morgan fingerprint density at radius 2 is 1.43 bits per heavy atom. The van der Waals surface area contributed by atoms with Crippen molar-refractivity contribution in [2.45, 2.75) is 70.3 Å². The lowest BCUT2D eigenvalue weighted by molar-refractivity contribution is 0.0522. The Morgan fingerprint density at radius 3 is 2.14 bits per heavy atom. The van der Waals surface area contributed by atoms with Crippen molar-refractivity contribution in [1.29, 1.82) is 0 Å². The first-order chi connectivity index (χ1) is 6.86. The fraction of sp³-hybridized carbons (Fsp3) is 1.00. The summed E-state index contributed by atoms with van der Waals surface area (Å²) in [6.45, 7) is 0. The van der Waals surface area contributed by atoms with Crippen LogP contribution in [0.1, 0.15) is 64.2 Å². The van der Waals surface area contributed by atoms with Gasteiger partial charge in [-0.2, -0.15) is 0 Å². The molecule has 2 atom stereocenters. The Hall–Kier alpha value is -0.0400. The Kier molecular flexibility index (Phi) is 3.86. The average Bonchev–Trinajstić information content (AvgIpc) is 2.23. The molecule has 14 heavy (non-hydrogen) atoms. The van der Waals surface area contributed by atoms with E-state index in [9.17, 15) is 5.11 Å². The highest BCUT2D eigenvalue weighted by atomic mass is 16.3. The lowest BCUT2D eigenvalue weighted by Gasteiger charge is -2.32. The zero-order chi connectivity index (χ0) is 9.80. The fourth-order valence-corrected chi connectivity index (χ4v) is 3.31. The molecule has 2 unspecified atom stereocenters. The molecule has 1 heteroatoms. The highest BCUT2D eigenvalue weighted by Crippen LogP contribution is 2.35. The van der Waals surface area contributed by atoms with Gasteiger partial charge >= 0.3 is 0 Å². The third-order valence-corrected chi connectivity index (χ3v) is 4.23. The predicted molar refractivity (Wildman–Crippen MR) is 59.2 cm³/mol. The van der Waals surface area contributed by atoms with Gasteiger partial charge < -0.3 is 5.11 Å². The van der Waals surface area contributed by atoms with Gasteiger partial charge in [-0.1, -0.05) is 44.9 Å². The van der Waals surface area contributed by atoms with Crippen LogP contribution in [0, 0.1) is 11.8 Å². The van der Waals surface area contributed by atoms with E-state index in [0.717, 1.165) is 12.3 Å². The van der Waals surface area contributed by atoms with Crippen LogP contribution in [0.15, 0.2) is 0 Å². The molecule has 0 saturated heterocycles. The summed E-state index contributed by atoms with van der Waals surface area (Å²) in [5.41, 5.74) is 0. The number of aliphatic hydroxyl groups excluding tert-OH is 1. The van der Waals surface area contributed by atoms with Crippen LogP contribution >= 0.6 is 0 Å². The van der Waals surface area contributed by atoms with Gasteiger partial charge in [0.15, 0.2) is 0 Å². The van der Waals surface area contributed by atoms with Crippen LogP contribution in [0.5, 0.6) is 0 Å². The Bertz CT molecular complexity index is 161. The van der Waals surface area contributed by atoms with Gasteiger partial charge in [0.1, 0.15) is 0 Å². The van der Waals surface area contributed by atoms with Gasteiger partial charge in [0, 0.05) is 0 Å². The maximum Gasteiger partial charge on any atom is 0.0568 e. The topological polar surface area (TPSA) is 20.2 Å². The molecule has 0 heterocycles. The van der Waals surface area contributed by atoms with Crippen molar-refractivity contribution >= 4 is 0 Å². The van der Waals surface area contributed by atoms with E-state index in [-0.39, 0.29) is 6.10 Å². The number of aliphatic hydroxyl groups is 1. The van der Waals surface area contributed by atoms with Crippen LogP contribution in [-0.2, 0) is 0 Å². The molecule has 1 nitrogen and oxygen atoms in total. The van der Waals surface area contributed by atoms with Gasteiger partial charge in [-0.05, 0) is 31.1 Å². The zero-order valence-electron chi connectivity index (χ0n) is 9.25. The second-order valence-corrected chi connectivity index (χ2v) is 5.35. The first-order valence-corrected chi connectivity index (χ1v) is 6.54. The van der Waals surface area contributed by atoms with Crippen molar-refractivity contribution in [3.05, 3.63) is 0 Å². The molecule has 2 aliphatic rings. The molecule has 0 aromatic rings. The highest BCUT2D eigenvalue weighted by Gasteiger charge is 2.26. The van der Waals surface area contributed by atoms with Gasteiger partial charge in [0.25, 0.3) is 0 Å². The van der Waals surface area contributed by atoms with Crippen molar-refractivity contribution < 1.29 is 5.11 Å². The summed E-state index contributed by atoms with van der Waals surface area (Å²) < 4.78 is 0. The maximum absolute atomic E-state index is 9.90. The van der Waals surface area contributed by atoms with Crippen molar-refractivity contribution in [1.82, 2.24) is 0 Å². The summed E-state index contributed by atoms with van der Waals surface area (Å²) in [5, 5.41) is 9.90. The quantitative estimate of drug-likeness (QED) is 0.716. The lowest BCUT2D eigenvalue weighted by atomic mass is 9.76. The van der Waals surface area contributed by atoms with Crippen LogP contribution in [0.2, 0.25) is 0 Å². The standard InChI is InChI=1S/C13H24O/c14-13-9-5-4-8-12(13)10-11-6-2-1-3-7-11/h11-14H,1-10H2. The largest absolute Gasteiger partial charge is 0.393 e. The molecule has 2 fully saturated rings. The third-order valence-electron chi connectivity index (χ3n) is 4.23. The molecule has 0 spiro atoms. The summed E-state index contributed by atoms with van der Waals surface area (Å²) in [7, 11) is 0. The normalized spacial score (nSPS) is 35.8. The molecule has 0 bridgehead atoms. The van der Waals surface area contributed by atoms with Crippen LogP contribution < -0.4 is 0 Å². The fourth-order valence-electron chi connectivity index (χ4n) is 3.31. The van der Waals surface area contributed by atoms with Crippen LogP contribution in [0.4, 0.5) is 0 Å². The van der Waals surface area contributed by atoms with Crippen molar-refractivity contribution in [2.75, 3.05) is 0 Å². The Labute approximate surface area is 87.9 Å². The third kappa shape index (κ3) is 2.73. The Morgan fingerprint density at radius 1 is 0.786 bits per heavy atom. The SMILES string of the molecule is OC1CCCCC1CC1CCCCC1. The smallest absolute Gasteiger partial charge is 0.0568 e. The van der Waals surface area contributed by atoms with Crippen molar-refractivity contribution in [2.24, 2.45) is 11.8 Å². The average molecular weight is 196 g/mol. The minimum atomic E-state index is 0.0330. The van der Waals surface area contributed by atoms with Gasteiger partial charge in [-0.25, -0.2) is 0 Å². The Balaban J connectivity index is 1.76. The van der Waals surface area contributed by atoms with E-state index in [1.807, 2.05) is 0 Å². The molecule has 0 aliphatic heterocycles. The summed E-state index contributed by atoms with van der Waals surface area (Å²) in [6, 6.07) is 0. The molecule has 2 saturated carbocycles. The van der Waals surface area contributed by atoms with Crippen LogP contribution in [0.25, 0.3) is 0 Å². The number of rotatable bonds is 2. The van der Waals surface area contributed by atoms with E-state index in [0.29, 0.717) is 5.92 Å². The maximum atomic E-state index is 9.90. The van der Waals surface area contributed by atoms with Gasteiger partial charge in [-0.15, -0.1) is 0 Å². The van der Waals surface area contributed by atoms with E-state index in [1.165, 1.54) is 57.8 Å². The predicted octanol–water partition coefficient (Wildman–Crippen LogP) is 3.51. The van der Waals surface area contributed by atoms with Crippen LogP contribution in [-0.4, -0.2) is 11.2 Å². The molecular formula is C13H24O. The first kappa shape index (κ1) is 10.5. The summed E-state index contributed by atoms with van der Waals surface area (Å²) in [6.07, 6.45) is 13.5. The molecule has 0 aromatic carbocycles. The summed E-state index contributed by atoms with van der Waals surface area (Å²) in [4.78, 5) is 0. The lowest BCUT2D eigenvalue weighted by Crippen LogP contribution is -2.27. The zero-order valence-corrected chi connectivity index (χ0v) is 9.25. The van der Waals surface area contributed by atoms with Crippen molar-refractivity contribution in [3.8, 4) is 0 Å². The highest BCUT2D eigenvalue weighted by molar-refractivity contribution is 4.78. The minimum absolute atomic E-state index is 0.0330. The van der Waals surface area contributed by atoms with Gasteiger partial charge in [-0.3, -0.25) is 0 Å². The van der Waals surface area contributed by atoms with Gasteiger partial charge in [0.2, 0.25) is 0 Å². The molecular weight excluding hydrogens is 172 g/mol. The molecule has 0 amide bonds. The number of hydrogen-bond donors (Lipinski definition) is 1. The van der Waals surface area contributed by atoms with E-state index in [1.54, 1.807) is 0 Å². The molecule has 82 valence electrons. The minimum Gasteiger partial charge on any atom is -0.393 e. The molecule has 0 radical (unpaired) electrons. The molecule has 0 aromatic heterocycles.